The van der Waals surface area contributed by atoms with Crippen molar-refractivity contribution in [3.05, 3.63) is 81.7 Å². The van der Waals surface area contributed by atoms with Gasteiger partial charge in [0, 0.05) is 25.6 Å². The lowest BCUT2D eigenvalue weighted by atomic mass is 9.96. The van der Waals surface area contributed by atoms with E-state index in [1.54, 1.807) is 13.0 Å². The minimum Gasteiger partial charge on any atom is -0.355 e. The Hall–Kier alpha value is -3.23. The zero-order valence-electron chi connectivity index (χ0n) is 22.8. The predicted molar refractivity (Wildman–Crippen MR) is 150 cm³/mol. The van der Waals surface area contributed by atoms with Gasteiger partial charge in [-0.25, -0.2) is 8.42 Å². The van der Waals surface area contributed by atoms with Crippen molar-refractivity contribution in [2.45, 2.75) is 58.3 Å². The molecule has 2 heterocycles. The Morgan fingerprint density at radius 2 is 1.71 bits per heavy atom. The zero-order chi connectivity index (χ0) is 27.4. The number of nitrogens with one attached hydrogen (secondary N) is 1. The van der Waals surface area contributed by atoms with Crippen LogP contribution < -0.4 is 5.32 Å². The minimum atomic E-state index is -3.83. The van der Waals surface area contributed by atoms with Crippen LogP contribution in [0.1, 0.15) is 65.0 Å². The van der Waals surface area contributed by atoms with Crippen LogP contribution in [0.4, 0.5) is 0 Å². The van der Waals surface area contributed by atoms with E-state index in [0.29, 0.717) is 25.1 Å². The SMILES string of the molecule is Cc1cc(C)c(/C=C/c2onc(C)c2S(=O)(=O)N2CCC(C(=O)NCC(C)c3ccccc3)CC2)c(C)c1. The Morgan fingerprint density at radius 3 is 2.34 bits per heavy atom. The topological polar surface area (TPSA) is 92.5 Å². The second kappa shape index (κ2) is 11.7. The first-order valence-corrected chi connectivity index (χ1v) is 14.6. The van der Waals surface area contributed by atoms with Crippen LogP contribution in [0.15, 0.2) is 51.9 Å². The van der Waals surface area contributed by atoms with Crippen molar-refractivity contribution in [3.8, 4) is 0 Å². The summed E-state index contributed by atoms with van der Waals surface area (Å²) in [5.41, 5.74) is 5.93. The first-order chi connectivity index (χ1) is 18.1. The predicted octanol–water partition coefficient (Wildman–Crippen LogP) is 5.40. The van der Waals surface area contributed by atoms with Gasteiger partial charge >= 0.3 is 0 Å². The molecule has 8 heteroatoms. The third-order valence-electron chi connectivity index (χ3n) is 7.35. The number of nitrogens with zero attached hydrogens (tertiary/aromatic N) is 2. The van der Waals surface area contributed by atoms with E-state index >= 15 is 0 Å². The summed E-state index contributed by atoms with van der Waals surface area (Å²) < 4.78 is 34.1. The van der Waals surface area contributed by atoms with E-state index < -0.39 is 10.0 Å². The maximum absolute atomic E-state index is 13.6. The zero-order valence-corrected chi connectivity index (χ0v) is 23.6. The van der Waals surface area contributed by atoms with Crippen LogP contribution >= 0.6 is 0 Å². The Kier molecular flexibility index (Phi) is 8.53. The molecule has 1 N–H and O–H groups in total. The van der Waals surface area contributed by atoms with Gasteiger partial charge in [0.15, 0.2) is 10.7 Å². The molecule has 1 amide bonds. The van der Waals surface area contributed by atoms with Gasteiger partial charge in [0.05, 0.1) is 0 Å². The number of hydrogen-bond donors (Lipinski definition) is 1. The summed E-state index contributed by atoms with van der Waals surface area (Å²) in [7, 11) is -3.83. The van der Waals surface area contributed by atoms with Gasteiger partial charge in [-0.2, -0.15) is 4.31 Å². The third-order valence-corrected chi connectivity index (χ3v) is 9.40. The van der Waals surface area contributed by atoms with Gasteiger partial charge in [-0.15, -0.1) is 0 Å². The first kappa shape index (κ1) is 27.8. The van der Waals surface area contributed by atoms with Crippen LogP contribution in [-0.2, 0) is 14.8 Å². The average molecular weight is 536 g/mol. The smallest absolute Gasteiger partial charge is 0.248 e. The fourth-order valence-electron chi connectivity index (χ4n) is 5.20. The molecule has 38 heavy (non-hydrogen) atoms. The van der Waals surface area contributed by atoms with Crippen LogP contribution in [0.2, 0.25) is 0 Å². The summed E-state index contributed by atoms with van der Waals surface area (Å²) in [4.78, 5) is 12.9. The molecule has 1 saturated heterocycles. The Labute approximate surface area is 226 Å². The lowest BCUT2D eigenvalue weighted by Gasteiger charge is -2.30. The van der Waals surface area contributed by atoms with E-state index in [4.69, 9.17) is 4.52 Å². The highest BCUT2D eigenvalue weighted by Crippen LogP contribution is 2.30. The molecule has 0 saturated carbocycles. The summed E-state index contributed by atoms with van der Waals surface area (Å²) in [6.45, 7) is 10.9. The highest BCUT2D eigenvalue weighted by atomic mass is 32.2. The number of amides is 1. The van der Waals surface area contributed by atoms with Crippen molar-refractivity contribution in [2.75, 3.05) is 19.6 Å². The highest BCUT2D eigenvalue weighted by Gasteiger charge is 2.36. The number of sulfonamides is 1. The number of carbonyl (C=O) groups excluding carboxylic acids is 1. The molecular formula is C30H37N3O4S. The normalized spacial score (nSPS) is 16.1. The van der Waals surface area contributed by atoms with Crippen molar-refractivity contribution in [3.63, 3.8) is 0 Å². The second-order valence-electron chi connectivity index (χ2n) is 10.3. The number of carbonyl (C=O) groups is 1. The highest BCUT2D eigenvalue weighted by molar-refractivity contribution is 7.89. The number of benzene rings is 2. The van der Waals surface area contributed by atoms with Crippen LogP contribution in [-0.4, -0.2) is 43.4 Å². The molecule has 1 aliphatic heterocycles. The van der Waals surface area contributed by atoms with E-state index in [1.165, 1.54) is 15.4 Å². The summed E-state index contributed by atoms with van der Waals surface area (Å²) in [6.07, 6.45) is 4.52. The van der Waals surface area contributed by atoms with Crippen molar-refractivity contribution in [1.82, 2.24) is 14.8 Å². The molecule has 1 atom stereocenters. The van der Waals surface area contributed by atoms with Crippen LogP contribution in [0, 0.1) is 33.6 Å². The lowest BCUT2D eigenvalue weighted by molar-refractivity contribution is -0.126. The maximum atomic E-state index is 13.6. The molecule has 7 nitrogen and oxygen atoms in total. The number of hydrogen-bond acceptors (Lipinski definition) is 5. The Balaban J connectivity index is 1.41. The molecule has 2 aromatic carbocycles. The number of rotatable bonds is 8. The molecule has 202 valence electrons. The molecule has 1 fully saturated rings. The van der Waals surface area contributed by atoms with Crippen molar-refractivity contribution < 1.29 is 17.7 Å². The summed E-state index contributed by atoms with van der Waals surface area (Å²) in [5.74, 6) is 0.200. The van der Waals surface area contributed by atoms with E-state index in [2.05, 4.69) is 48.6 Å². The first-order valence-electron chi connectivity index (χ1n) is 13.1. The van der Waals surface area contributed by atoms with Crippen molar-refractivity contribution in [1.29, 1.82) is 0 Å². The quantitative estimate of drug-likeness (QED) is 0.417. The largest absolute Gasteiger partial charge is 0.355 e. The fourth-order valence-corrected chi connectivity index (χ4v) is 6.92. The molecule has 3 aromatic rings. The molecule has 4 rings (SSSR count). The van der Waals surface area contributed by atoms with Gasteiger partial charge < -0.3 is 9.84 Å². The fraction of sp³-hybridized carbons (Fsp3) is 0.400. The Bertz CT molecular complexity index is 1400. The van der Waals surface area contributed by atoms with E-state index in [9.17, 15) is 13.2 Å². The van der Waals surface area contributed by atoms with Gasteiger partial charge in [-0.1, -0.05) is 66.2 Å². The van der Waals surface area contributed by atoms with Crippen molar-refractivity contribution in [2.24, 2.45) is 5.92 Å². The van der Waals surface area contributed by atoms with Gasteiger partial charge in [0.25, 0.3) is 0 Å². The van der Waals surface area contributed by atoms with Crippen LogP contribution in [0.5, 0.6) is 0 Å². The second-order valence-corrected chi connectivity index (χ2v) is 12.2. The van der Waals surface area contributed by atoms with E-state index in [0.717, 1.165) is 16.7 Å². The Morgan fingerprint density at radius 1 is 1.08 bits per heavy atom. The minimum absolute atomic E-state index is 0.0153. The van der Waals surface area contributed by atoms with E-state index in [-0.39, 0.29) is 41.5 Å². The van der Waals surface area contributed by atoms with Crippen LogP contribution in [0.3, 0.4) is 0 Å². The van der Waals surface area contributed by atoms with Crippen LogP contribution in [0.25, 0.3) is 12.2 Å². The maximum Gasteiger partial charge on any atom is 0.248 e. The standard InChI is InChI=1S/C30H37N3O4S/c1-20-17-21(2)27(22(3)18-20)11-12-28-29(24(5)32-37-28)38(35,36)33-15-13-26(14-16-33)30(34)31-19-23(4)25-9-7-6-8-10-25/h6-12,17-18,23,26H,13-16,19H2,1-5H3,(H,31,34)/b12-11+. The molecular weight excluding hydrogens is 498 g/mol. The molecule has 1 aliphatic rings. The monoisotopic (exact) mass is 535 g/mol. The molecule has 0 aliphatic carbocycles. The van der Waals surface area contributed by atoms with Gasteiger partial charge in [-0.3, -0.25) is 4.79 Å². The number of aromatic nitrogens is 1. The van der Waals surface area contributed by atoms with Gasteiger partial charge in [-0.05, 0) is 74.8 Å². The lowest BCUT2D eigenvalue weighted by Crippen LogP contribution is -2.43. The van der Waals surface area contributed by atoms with E-state index in [1.807, 2.05) is 38.1 Å². The van der Waals surface area contributed by atoms with Gasteiger partial charge in [0.1, 0.15) is 5.69 Å². The summed E-state index contributed by atoms with van der Waals surface area (Å²) in [5, 5.41) is 7.02. The molecule has 0 radical (unpaired) electrons. The molecule has 0 spiro atoms. The number of aryl methyl sites for hydroxylation is 4. The number of piperidine rings is 1. The molecule has 1 aromatic heterocycles. The summed E-state index contributed by atoms with van der Waals surface area (Å²) >= 11 is 0. The molecule has 0 bridgehead atoms. The van der Waals surface area contributed by atoms with Crippen molar-refractivity contribution >= 4 is 28.1 Å². The average Bonchev–Trinajstić information content (AvgIpc) is 3.28. The third kappa shape index (κ3) is 6.08. The molecule has 1 unspecified atom stereocenters. The van der Waals surface area contributed by atoms with Gasteiger partial charge in [0.2, 0.25) is 15.9 Å². The summed E-state index contributed by atoms with van der Waals surface area (Å²) in [6, 6.07) is 14.3.